The fraction of sp³-hybridized carbons (Fsp3) is 0.415. The number of rotatable bonds is 18. The number of carbonyl (C=O) groups is 1. The molecule has 0 bridgehead atoms. The number of benzene rings is 3. The largest absolute Gasteiger partial charge is 0.375 e. The normalized spacial score (nSPS) is 17.0. The zero-order chi connectivity index (χ0) is 38.3. The van der Waals surface area contributed by atoms with Crippen molar-refractivity contribution in [2.24, 2.45) is 0 Å². The summed E-state index contributed by atoms with van der Waals surface area (Å²) in [6, 6.07) is 23.2. The summed E-state index contributed by atoms with van der Waals surface area (Å²) in [5, 5.41) is 10.9. The van der Waals surface area contributed by atoms with E-state index in [9.17, 15) is 14.9 Å². The Hall–Kier alpha value is -4.39. The zero-order valence-corrected chi connectivity index (χ0v) is 31.8. The van der Waals surface area contributed by atoms with Crippen molar-refractivity contribution in [3.63, 3.8) is 0 Å². The van der Waals surface area contributed by atoms with E-state index in [1.54, 1.807) is 12.1 Å². The third-order valence-corrected chi connectivity index (χ3v) is 11.0. The molecular formula is C41H52N5O5P. The summed E-state index contributed by atoms with van der Waals surface area (Å²) in [6.07, 6.45) is 9.56. The monoisotopic (exact) mass is 726 g/mol. The number of nitro benzene ring substituents is 1. The van der Waals surface area contributed by atoms with Crippen LogP contribution in [-0.4, -0.2) is 77.9 Å². The molecule has 3 aromatic carbocycles. The lowest BCUT2D eigenvalue weighted by Crippen LogP contribution is -2.36. The summed E-state index contributed by atoms with van der Waals surface area (Å²) in [6.45, 7) is 17.4. The average Bonchev–Trinajstić information content (AvgIpc) is 3.56. The highest BCUT2D eigenvalue weighted by molar-refractivity contribution is 7.44. The van der Waals surface area contributed by atoms with Crippen LogP contribution in [0.3, 0.4) is 0 Å². The molecule has 1 saturated heterocycles. The molecule has 1 fully saturated rings. The van der Waals surface area contributed by atoms with Crippen LogP contribution < -0.4 is 4.90 Å². The Morgan fingerprint density at radius 1 is 0.981 bits per heavy atom. The van der Waals surface area contributed by atoms with E-state index in [2.05, 4.69) is 90.7 Å². The van der Waals surface area contributed by atoms with Crippen molar-refractivity contribution in [3.8, 4) is 0 Å². The van der Waals surface area contributed by atoms with Crippen LogP contribution in [0.2, 0.25) is 0 Å². The van der Waals surface area contributed by atoms with Crippen molar-refractivity contribution >= 4 is 50.1 Å². The Balaban J connectivity index is 1.24. The fourth-order valence-electron chi connectivity index (χ4n) is 6.06. The van der Waals surface area contributed by atoms with Gasteiger partial charge in [-0.1, -0.05) is 60.7 Å². The number of non-ortho nitro benzene ring substituents is 1. The molecule has 1 amide bonds. The molecule has 0 N–H and O–H groups in total. The van der Waals surface area contributed by atoms with E-state index in [0.717, 1.165) is 34.5 Å². The molecule has 0 radical (unpaired) electrons. The van der Waals surface area contributed by atoms with Gasteiger partial charge < -0.3 is 23.7 Å². The summed E-state index contributed by atoms with van der Waals surface area (Å²) in [7, 11) is 0.634. The van der Waals surface area contributed by atoms with Crippen molar-refractivity contribution in [2.75, 3.05) is 38.2 Å². The number of likely N-dealkylation sites (tertiary alicyclic amines) is 1. The second kappa shape index (κ2) is 20.0. The van der Waals surface area contributed by atoms with Gasteiger partial charge in [-0.25, -0.2) is 11.2 Å². The van der Waals surface area contributed by atoms with Gasteiger partial charge in [-0.3, -0.25) is 14.9 Å². The molecule has 3 atom stereocenters. The number of nitro groups is 1. The first-order valence-corrected chi connectivity index (χ1v) is 18.9. The predicted molar refractivity (Wildman–Crippen MR) is 213 cm³/mol. The van der Waals surface area contributed by atoms with Crippen LogP contribution in [0.5, 0.6) is 0 Å². The summed E-state index contributed by atoms with van der Waals surface area (Å²) >= 11 is 0. The predicted octanol–water partition coefficient (Wildman–Crippen LogP) is 9.44. The van der Waals surface area contributed by atoms with Crippen LogP contribution in [0.4, 0.5) is 11.4 Å². The van der Waals surface area contributed by atoms with Gasteiger partial charge in [-0.2, -0.15) is 0 Å². The highest BCUT2D eigenvalue weighted by Crippen LogP contribution is 2.48. The van der Waals surface area contributed by atoms with E-state index >= 15 is 0 Å². The van der Waals surface area contributed by atoms with Crippen LogP contribution in [0.25, 0.3) is 29.1 Å². The Bertz CT molecular complexity index is 1700. The maximum absolute atomic E-state index is 13.4. The molecule has 0 aliphatic carbocycles. The van der Waals surface area contributed by atoms with Gasteiger partial charge in [0.2, 0.25) is 12.5 Å². The first-order chi connectivity index (χ1) is 25.5. The van der Waals surface area contributed by atoms with Crippen molar-refractivity contribution in [2.45, 2.75) is 78.1 Å². The molecule has 4 rings (SSSR count). The maximum atomic E-state index is 13.4. The van der Waals surface area contributed by atoms with Crippen LogP contribution in [-0.2, 0) is 13.8 Å². The summed E-state index contributed by atoms with van der Waals surface area (Å²) in [4.78, 5) is 31.2. The zero-order valence-electron chi connectivity index (χ0n) is 31.9. The molecule has 0 saturated carbocycles. The molecule has 3 aromatic rings. The van der Waals surface area contributed by atoms with Gasteiger partial charge in [-0.05, 0) is 94.0 Å². The Kier molecular flexibility index (Phi) is 14.9. The van der Waals surface area contributed by atoms with Crippen molar-refractivity contribution in [3.05, 3.63) is 117 Å². The first kappa shape index (κ1) is 38.8. The molecule has 1 aliphatic rings. The van der Waals surface area contributed by atoms with Crippen molar-refractivity contribution < 1.29 is 20.1 Å². The summed E-state index contributed by atoms with van der Waals surface area (Å²) in [5.41, 5.74) is 5.24. The van der Waals surface area contributed by atoms with Gasteiger partial charge in [-0.15, -0.1) is 0 Å². The maximum Gasteiger partial charge on any atom is 0.269 e. The van der Waals surface area contributed by atoms with Gasteiger partial charge in [0.1, 0.15) is 6.61 Å². The Labute approximate surface area is 312 Å². The van der Waals surface area contributed by atoms with Crippen molar-refractivity contribution in [1.82, 2.24) is 9.57 Å². The molecule has 1 unspecified atom stereocenters. The highest BCUT2D eigenvalue weighted by atomic mass is 31.2. The van der Waals surface area contributed by atoms with E-state index < -0.39 is 13.4 Å². The van der Waals surface area contributed by atoms with Crippen LogP contribution in [0.15, 0.2) is 72.8 Å². The van der Waals surface area contributed by atoms with Crippen molar-refractivity contribution in [1.29, 1.82) is 0 Å². The fourth-order valence-corrected chi connectivity index (χ4v) is 7.77. The molecule has 52 heavy (non-hydrogen) atoms. The summed E-state index contributed by atoms with van der Waals surface area (Å²) < 4.78 is 22.9. The quantitative estimate of drug-likeness (QED) is 0.0322. The first-order valence-electron chi connectivity index (χ1n) is 18.5. The number of nitrogens with zero attached hydrogens (tertiary/aromatic N) is 5. The highest BCUT2D eigenvalue weighted by Gasteiger charge is 2.37. The Morgan fingerprint density at radius 3 is 1.98 bits per heavy atom. The minimum absolute atomic E-state index is 0.0543. The lowest BCUT2D eigenvalue weighted by Gasteiger charge is -2.36. The Morgan fingerprint density at radius 2 is 1.50 bits per heavy atom. The van der Waals surface area contributed by atoms with Gasteiger partial charge >= 0.3 is 0 Å². The third-order valence-electron chi connectivity index (χ3n) is 8.78. The SMILES string of the molecule is [2H]C[C@@H]1C[C@@H](OP(OCC[N+]#[C-])N(C(C)C)C(C)C)CN1C(=O)CCCN(C)c1ccc(/C=C/c2ccc(/C=C/c3ccc([N+](=O)[O-])cc3)cc2)cc1. The topological polar surface area (TPSA) is 92.8 Å². The van der Waals surface area contributed by atoms with Gasteiger partial charge in [0.05, 0.1) is 11.0 Å². The smallest absolute Gasteiger partial charge is 0.269 e. The van der Waals surface area contributed by atoms with Crippen LogP contribution >= 0.6 is 8.53 Å². The lowest BCUT2D eigenvalue weighted by atomic mass is 10.1. The van der Waals surface area contributed by atoms with Crippen LogP contribution in [0.1, 0.15) is 77.5 Å². The minimum Gasteiger partial charge on any atom is -0.375 e. The van der Waals surface area contributed by atoms with E-state index in [1.165, 1.54) is 12.1 Å². The summed E-state index contributed by atoms with van der Waals surface area (Å²) in [5.74, 6) is 0.0543. The van der Waals surface area contributed by atoms with E-state index in [-0.39, 0.29) is 49.3 Å². The number of hydrogen-bond donors (Lipinski definition) is 0. The van der Waals surface area contributed by atoms with E-state index in [0.29, 0.717) is 32.4 Å². The molecule has 0 aromatic heterocycles. The molecule has 1 heterocycles. The van der Waals surface area contributed by atoms with Gasteiger partial charge in [0.25, 0.3) is 14.2 Å². The molecule has 276 valence electrons. The molecule has 11 heteroatoms. The second-order valence-corrected chi connectivity index (χ2v) is 14.9. The molecule has 10 nitrogen and oxygen atoms in total. The average molecular weight is 727 g/mol. The van der Waals surface area contributed by atoms with Crippen LogP contribution in [0, 0.1) is 16.7 Å². The number of carbonyl (C=O) groups excluding carboxylic acids is 1. The second-order valence-electron chi connectivity index (χ2n) is 13.5. The molecule has 0 spiro atoms. The molecular weight excluding hydrogens is 673 g/mol. The minimum atomic E-state index is -1.40. The number of hydrogen-bond acceptors (Lipinski definition) is 7. The van der Waals surface area contributed by atoms with E-state index in [4.69, 9.17) is 17.0 Å². The van der Waals surface area contributed by atoms with Gasteiger partial charge in [0, 0.05) is 63.9 Å². The van der Waals surface area contributed by atoms with E-state index in [1.807, 2.05) is 36.2 Å². The third kappa shape index (κ3) is 12.1. The van der Waals surface area contributed by atoms with Gasteiger partial charge in [0.15, 0.2) is 0 Å². The number of anilines is 1. The lowest BCUT2D eigenvalue weighted by molar-refractivity contribution is -0.384. The molecule has 1 aliphatic heterocycles. The number of amides is 1. The standard InChI is InChI=1S/C41H52N5O5P/c1-31(2)45(32(3)4)52(50-28-26-42-6)51-40-29-33(5)44(30-40)41(47)9-8-27-43(7)38-22-18-36(19-23-38)16-14-34-10-12-35(13-11-34)15-17-37-20-24-39(25-21-37)46(48)49/h10-25,31-33,40H,8-9,26-30H2,1-5,7H3/b16-14+,17-15+/t33-,40-,52?/m1/s1/i5D.